The molecule has 2 rings (SSSR count). The lowest BCUT2D eigenvalue weighted by atomic mass is 10.0. The first-order chi connectivity index (χ1) is 9.70. The highest BCUT2D eigenvalue weighted by molar-refractivity contribution is 5.14. The van der Waals surface area contributed by atoms with Gasteiger partial charge in [-0.2, -0.15) is 0 Å². The molecule has 0 unspecified atom stereocenters. The fraction of sp³-hybridized carbons (Fsp3) is 0.647. The number of nitrogens with zero attached hydrogens (tertiary/aromatic N) is 2. The molecule has 0 radical (unpaired) electrons. The first kappa shape index (κ1) is 15.5. The van der Waals surface area contributed by atoms with E-state index in [9.17, 15) is 0 Å². The number of likely N-dealkylation sites (tertiary alicyclic amines) is 1. The number of hydrogen-bond acceptors (Lipinski definition) is 3. The smallest absolute Gasteiger partial charge is 0.0233 e. The molecule has 1 saturated heterocycles. The van der Waals surface area contributed by atoms with E-state index in [1.807, 2.05) is 0 Å². The summed E-state index contributed by atoms with van der Waals surface area (Å²) in [5.74, 6) is 0. The maximum absolute atomic E-state index is 5.75. The minimum Gasteiger partial charge on any atom is -0.329 e. The number of benzene rings is 1. The van der Waals surface area contributed by atoms with Crippen LogP contribution in [-0.2, 0) is 6.54 Å². The predicted molar refractivity (Wildman–Crippen MR) is 85.6 cm³/mol. The molecule has 1 aliphatic rings. The van der Waals surface area contributed by atoms with E-state index in [-0.39, 0.29) is 0 Å². The Balaban J connectivity index is 1.82. The number of rotatable bonds is 6. The van der Waals surface area contributed by atoms with Crippen LogP contribution in [0.2, 0.25) is 0 Å². The maximum Gasteiger partial charge on any atom is 0.0233 e. The summed E-state index contributed by atoms with van der Waals surface area (Å²) in [4.78, 5) is 5.16. The molecule has 0 aliphatic carbocycles. The normalized spacial score (nSPS) is 18.1. The zero-order valence-electron chi connectivity index (χ0n) is 13.0. The first-order valence-electron chi connectivity index (χ1n) is 7.92. The molecule has 112 valence electrons. The van der Waals surface area contributed by atoms with Crippen molar-refractivity contribution in [1.29, 1.82) is 0 Å². The van der Waals surface area contributed by atoms with Crippen molar-refractivity contribution in [3.05, 3.63) is 35.9 Å². The van der Waals surface area contributed by atoms with E-state index in [0.717, 1.165) is 19.6 Å². The van der Waals surface area contributed by atoms with Crippen molar-refractivity contribution >= 4 is 0 Å². The van der Waals surface area contributed by atoms with Gasteiger partial charge in [0, 0.05) is 31.7 Å². The Bertz CT molecular complexity index is 369. The van der Waals surface area contributed by atoms with Crippen molar-refractivity contribution < 1.29 is 0 Å². The lowest BCUT2D eigenvalue weighted by molar-refractivity contribution is 0.0844. The molecule has 0 spiro atoms. The van der Waals surface area contributed by atoms with Crippen LogP contribution < -0.4 is 5.73 Å². The predicted octanol–water partition coefficient (Wildman–Crippen LogP) is 2.32. The van der Waals surface area contributed by atoms with Crippen molar-refractivity contribution in [2.45, 2.75) is 45.3 Å². The van der Waals surface area contributed by atoms with Crippen LogP contribution in [0.1, 0.15) is 32.3 Å². The third-order valence-electron chi connectivity index (χ3n) is 4.33. The Morgan fingerprint density at radius 2 is 1.85 bits per heavy atom. The minimum absolute atomic E-state index is 0.601. The van der Waals surface area contributed by atoms with Crippen LogP contribution in [0.5, 0.6) is 0 Å². The second kappa shape index (κ2) is 7.77. The average molecular weight is 275 g/mol. The van der Waals surface area contributed by atoms with E-state index in [2.05, 4.69) is 54.0 Å². The van der Waals surface area contributed by atoms with E-state index >= 15 is 0 Å². The Morgan fingerprint density at radius 1 is 1.20 bits per heavy atom. The quantitative estimate of drug-likeness (QED) is 0.865. The highest BCUT2D eigenvalue weighted by Crippen LogP contribution is 2.20. The molecule has 1 heterocycles. The zero-order valence-corrected chi connectivity index (χ0v) is 13.0. The number of hydrogen-bond donors (Lipinski definition) is 1. The molecule has 1 aromatic carbocycles. The summed E-state index contributed by atoms with van der Waals surface area (Å²) in [6.45, 7) is 9.86. The van der Waals surface area contributed by atoms with Gasteiger partial charge < -0.3 is 5.73 Å². The summed E-state index contributed by atoms with van der Waals surface area (Å²) in [6.07, 6.45) is 2.54. The molecule has 1 aliphatic heterocycles. The topological polar surface area (TPSA) is 32.5 Å². The molecule has 0 aromatic heterocycles. The van der Waals surface area contributed by atoms with E-state index in [0.29, 0.717) is 12.1 Å². The largest absolute Gasteiger partial charge is 0.329 e. The van der Waals surface area contributed by atoms with Gasteiger partial charge in [-0.05, 0) is 45.3 Å². The molecular formula is C17H29N3. The van der Waals surface area contributed by atoms with Crippen LogP contribution in [0.25, 0.3) is 0 Å². The van der Waals surface area contributed by atoms with Crippen LogP contribution >= 0.6 is 0 Å². The fourth-order valence-corrected chi connectivity index (χ4v) is 3.26. The molecule has 3 heteroatoms. The van der Waals surface area contributed by atoms with E-state index in [4.69, 9.17) is 5.73 Å². The molecular weight excluding hydrogens is 246 g/mol. The summed E-state index contributed by atoms with van der Waals surface area (Å²) in [7, 11) is 0. The molecule has 0 amide bonds. The SMILES string of the molecule is CC(C)N(CCN)C1CCN(Cc2ccccc2)CC1. The summed E-state index contributed by atoms with van der Waals surface area (Å²) in [6, 6.07) is 12.1. The highest BCUT2D eigenvalue weighted by Gasteiger charge is 2.25. The molecule has 1 aromatic rings. The number of nitrogens with two attached hydrogens (primary N) is 1. The summed E-state index contributed by atoms with van der Waals surface area (Å²) in [5, 5.41) is 0. The van der Waals surface area contributed by atoms with Gasteiger partial charge in [0.1, 0.15) is 0 Å². The molecule has 3 nitrogen and oxygen atoms in total. The maximum atomic E-state index is 5.75. The first-order valence-corrected chi connectivity index (χ1v) is 7.92. The molecule has 0 bridgehead atoms. The third kappa shape index (κ3) is 4.30. The van der Waals surface area contributed by atoms with Crippen LogP contribution in [0, 0.1) is 0 Å². The van der Waals surface area contributed by atoms with E-state index in [1.165, 1.54) is 31.5 Å². The minimum atomic E-state index is 0.601. The second-order valence-corrected chi connectivity index (χ2v) is 6.11. The van der Waals surface area contributed by atoms with Gasteiger partial charge in [-0.15, -0.1) is 0 Å². The standard InChI is InChI=1S/C17H29N3/c1-15(2)20(13-10-18)17-8-11-19(12-9-17)14-16-6-4-3-5-7-16/h3-7,15,17H,8-14,18H2,1-2H3. The van der Waals surface area contributed by atoms with Crippen molar-refractivity contribution in [3.8, 4) is 0 Å². The van der Waals surface area contributed by atoms with Crippen LogP contribution in [-0.4, -0.2) is 48.1 Å². The summed E-state index contributed by atoms with van der Waals surface area (Å²) in [5.41, 5.74) is 7.18. The van der Waals surface area contributed by atoms with Gasteiger partial charge in [-0.25, -0.2) is 0 Å². The van der Waals surface area contributed by atoms with Gasteiger partial charge in [-0.1, -0.05) is 30.3 Å². The highest BCUT2D eigenvalue weighted by atomic mass is 15.2. The average Bonchev–Trinajstić information content (AvgIpc) is 2.47. The molecule has 0 saturated carbocycles. The molecule has 2 N–H and O–H groups in total. The van der Waals surface area contributed by atoms with Gasteiger partial charge in [-0.3, -0.25) is 9.80 Å². The van der Waals surface area contributed by atoms with Crippen molar-refractivity contribution in [1.82, 2.24) is 9.80 Å². The Kier molecular flexibility index (Phi) is 6.02. The van der Waals surface area contributed by atoms with Crippen molar-refractivity contribution in [2.24, 2.45) is 5.73 Å². The van der Waals surface area contributed by atoms with Crippen LogP contribution in [0.3, 0.4) is 0 Å². The van der Waals surface area contributed by atoms with Gasteiger partial charge in [0.2, 0.25) is 0 Å². The summed E-state index contributed by atoms with van der Waals surface area (Å²) >= 11 is 0. The van der Waals surface area contributed by atoms with Crippen LogP contribution in [0.4, 0.5) is 0 Å². The van der Waals surface area contributed by atoms with E-state index < -0.39 is 0 Å². The van der Waals surface area contributed by atoms with Crippen molar-refractivity contribution in [3.63, 3.8) is 0 Å². The lowest BCUT2D eigenvalue weighted by Gasteiger charge is -2.40. The molecule has 20 heavy (non-hydrogen) atoms. The molecule has 1 fully saturated rings. The number of piperidine rings is 1. The van der Waals surface area contributed by atoms with E-state index in [1.54, 1.807) is 0 Å². The van der Waals surface area contributed by atoms with Gasteiger partial charge in [0.15, 0.2) is 0 Å². The molecule has 0 atom stereocenters. The van der Waals surface area contributed by atoms with Gasteiger partial charge >= 0.3 is 0 Å². The Hall–Kier alpha value is -0.900. The third-order valence-corrected chi connectivity index (χ3v) is 4.33. The Labute approximate surface area is 123 Å². The summed E-state index contributed by atoms with van der Waals surface area (Å²) < 4.78 is 0. The monoisotopic (exact) mass is 275 g/mol. The van der Waals surface area contributed by atoms with Gasteiger partial charge in [0.05, 0.1) is 0 Å². The van der Waals surface area contributed by atoms with Gasteiger partial charge in [0.25, 0.3) is 0 Å². The van der Waals surface area contributed by atoms with Crippen molar-refractivity contribution in [2.75, 3.05) is 26.2 Å². The second-order valence-electron chi connectivity index (χ2n) is 6.11. The Morgan fingerprint density at radius 3 is 2.40 bits per heavy atom. The fourth-order valence-electron chi connectivity index (χ4n) is 3.26. The lowest BCUT2D eigenvalue weighted by Crippen LogP contribution is -2.48. The van der Waals surface area contributed by atoms with Crippen LogP contribution in [0.15, 0.2) is 30.3 Å². The zero-order chi connectivity index (χ0) is 14.4.